The van der Waals surface area contributed by atoms with E-state index in [2.05, 4.69) is 5.32 Å². The number of amides is 1. The van der Waals surface area contributed by atoms with Crippen LogP contribution >= 0.6 is 11.8 Å². The molecule has 0 aliphatic carbocycles. The molecule has 0 heterocycles. The zero-order chi connectivity index (χ0) is 11.3. The maximum atomic E-state index is 11.8. The standard InChI is InChI=1S/C11H15NO2S/c1-8(7-13)12-11(14)9-5-3-4-6-10(9)15-2/h3-6,8,13H,7H2,1-2H3,(H,12,14)/t8-/m1/s1. The highest BCUT2D eigenvalue weighted by atomic mass is 32.2. The van der Waals surface area contributed by atoms with Crippen molar-refractivity contribution in [2.45, 2.75) is 17.9 Å². The van der Waals surface area contributed by atoms with Gasteiger partial charge < -0.3 is 10.4 Å². The summed E-state index contributed by atoms with van der Waals surface area (Å²) in [5.41, 5.74) is 0.658. The SMILES string of the molecule is CSc1ccccc1C(=O)N[C@H](C)CO. The van der Waals surface area contributed by atoms with Gasteiger partial charge in [-0.05, 0) is 25.3 Å². The summed E-state index contributed by atoms with van der Waals surface area (Å²) in [6.45, 7) is 1.72. The van der Waals surface area contributed by atoms with Crippen LogP contribution < -0.4 is 5.32 Å². The maximum Gasteiger partial charge on any atom is 0.252 e. The zero-order valence-electron chi connectivity index (χ0n) is 8.86. The van der Waals surface area contributed by atoms with E-state index in [-0.39, 0.29) is 18.6 Å². The molecule has 0 aliphatic rings. The minimum atomic E-state index is -0.215. The van der Waals surface area contributed by atoms with Crippen LogP contribution in [-0.2, 0) is 0 Å². The van der Waals surface area contributed by atoms with Crippen LogP contribution in [0.3, 0.4) is 0 Å². The number of nitrogens with one attached hydrogen (secondary N) is 1. The second-order valence-electron chi connectivity index (χ2n) is 3.26. The molecule has 0 radical (unpaired) electrons. The molecule has 0 spiro atoms. The highest BCUT2D eigenvalue weighted by Gasteiger charge is 2.11. The Morgan fingerprint density at radius 3 is 2.80 bits per heavy atom. The second kappa shape index (κ2) is 5.78. The average Bonchev–Trinajstić information content (AvgIpc) is 2.28. The van der Waals surface area contributed by atoms with Gasteiger partial charge in [-0.1, -0.05) is 12.1 Å². The van der Waals surface area contributed by atoms with E-state index < -0.39 is 0 Å². The largest absolute Gasteiger partial charge is 0.394 e. The van der Waals surface area contributed by atoms with Crippen molar-refractivity contribution in [1.82, 2.24) is 5.32 Å². The molecule has 0 aliphatic heterocycles. The lowest BCUT2D eigenvalue weighted by atomic mass is 10.2. The second-order valence-corrected chi connectivity index (χ2v) is 4.11. The number of aliphatic hydroxyl groups is 1. The summed E-state index contributed by atoms with van der Waals surface area (Å²) < 4.78 is 0. The fraction of sp³-hybridized carbons (Fsp3) is 0.364. The van der Waals surface area contributed by atoms with E-state index in [1.807, 2.05) is 24.5 Å². The Balaban J connectivity index is 2.81. The van der Waals surface area contributed by atoms with E-state index in [4.69, 9.17) is 5.11 Å². The number of thioether (sulfide) groups is 1. The number of hydrogen-bond donors (Lipinski definition) is 2. The van der Waals surface area contributed by atoms with Gasteiger partial charge in [0.25, 0.3) is 5.91 Å². The van der Waals surface area contributed by atoms with Gasteiger partial charge in [0, 0.05) is 10.9 Å². The van der Waals surface area contributed by atoms with Crippen molar-refractivity contribution in [3.05, 3.63) is 29.8 Å². The van der Waals surface area contributed by atoms with Gasteiger partial charge in [0.05, 0.1) is 12.2 Å². The third kappa shape index (κ3) is 3.25. The molecular weight excluding hydrogens is 210 g/mol. The number of hydrogen-bond acceptors (Lipinski definition) is 3. The van der Waals surface area contributed by atoms with Crippen molar-refractivity contribution in [2.75, 3.05) is 12.9 Å². The zero-order valence-corrected chi connectivity index (χ0v) is 9.67. The van der Waals surface area contributed by atoms with Crippen molar-refractivity contribution in [3.8, 4) is 0 Å². The van der Waals surface area contributed by atoms with Gasteiger partial charge in [-0.25, -0.2) is 0 Å². The monoisotopic (exact) mass is 225 g/mol. The minimum absolute atomic E-state index is 0.0484. The molecular formula is C11H15NO2S. The summed E-state index contributed by atoms with van der Waals surface area (Å²) in [5.74, 6) is -0.137. The Morgan fingerprint density at radius 1 is 1.53 bits per heavy atom. The molecule has 0 fully saturated rings. The first-order valence-electron chi connectivity index (χ1n) is 4.73. The molecule has 1 aromatic rings. The van der Waals surface area contributed by atoms with Crippen LogP contribution in [0.5, 0.6) is 0 Å². The summed E-state index contributed by atoms with van der Waals surface area (Å²) in [6.07, 6.45) is 1.93. The van der Waals surface area contributed by atoms with E-state index >= 15 is 0 Å². The molecule has 1 atom stereocenters. The molecule has 82 valence electrons. The highest BCUT2D eigenvalue weighted by Crippen LogP contribution is 2.19. The van der Waals surface area contributed by atoms with Gasteiger partial charge in [0.15, 0.2) is 0 Å². The highest BCUT2D eigenvalue weighted by molar-refractivity contribution is 7.98. The fourth-order valence-corrected chi connectivity index (χ4v) is 1.77. The molecule has 0 unspecified atom stereocenters. The Morgan fingerprint density at radius 2 is 2.20 bits per heavy atom. The van der Waals surface area contributed by atoms with E-state index in [0.29, 0.717) is 5.56 Å². The Labute approximate surface area is 93.9 Å². The molecule has 0 saturated carbocycles. The molecule has 1 amide bonds. The predicted octanol–water partition coefficient (Wildman–Crippen LogP) is 1.52. The first-order chi connectivity index (χ1) is 7.19. The summed E-state index contributed by atoms with van der Waals surface area (Å²) >= 11 is 1.54. The lowest BCUT2D eigenvalue weighted by Crippen LogP contribution is -2.35. The maximum absolute atomic E-state index is 11.8. The summed E-state index contributed by atoms with van der Waals surface area (Å²) in [5, 5.41) is 11.6. The fourth-order valence-electron chi connectivity index (χ4n) is 1.18. The molecule has 0 aromatic heterocycles. The van der Waals surface area contributed by atoms with Crippen LogP contribution in [0, 0.1) is 0 Å². The topological polar surface area (TPSA) is 49.3 Å². The number of aliphatic hydroxyl groups excluding tert-OH is 1. The molecule has 0 saturated heterocycles. The van der Waals surface area contributed by atoms with Crippen LogP contribution in [-0.4, -0.2) is 29.9 Å². The van der Waals surface area contributed by atoms with E-state index in [1.54, 1.807) is 13.0 Å². The van der Waals surface area contributed by atoms with Crippen molar-refractivity contribution in [2.24, 2.45) is 0 Å². The van der Waals surface area contributed by atoms with Crippen LogP contribution in [0.4, 0.5) is 0 Å². The minimum Gasteiger partial charge on any atom is -0.394 e. The summed E-state index contributed by atoms with van der Waals surface area (Å²) in [6, 6.07) is 7.21. The van der Waals surface area contributed by atoms with Gasteiger partial charge >= 0.3 is 0 Å². The Hall–Kier alpha value is -1.00. The summed E-state index contributed by atoms with van der Waals surface area (Å²) in [7, 11) is 0. The predicted molar refractivity (Wildman–Crippen MR) is 62.2 cm³/mol. The number of benzene rings is 1. The third-order valence-corrected chi connectivity index (χ3v) is 2.80. The van der Waals surface area contributed by atoms with Crippen molar-refractivity contribution in [1.29, 1.82) is 0 Å². The smallest absolute Gasteiger partial charge is 0.252 e. The Kier molecular flexibility index (Phi) is 4.65. The van der Waals surface area contributed by atoms with Crippen LogP contribution in [0.15, 0.2) is 29.2 Å². The molecule has 4 heteroatoms. The van der Waals surface area contributed by atoms with Crippen LogP contribution in [0.25, 0.3) is 0 Å². The molecule has 1 rings (SSSR count). The van der Waals surface area contributed by atoms with Crippen molar-refractivity contribution >= 4 is 17.7 Å². The quantitative estimate of drug-likeness (QED) is 0.764. The van der Waals surface area contributed by atoms with E-state index in [0.717, 1.165) is 4.90 Å². The van der Waals surface area contributed by atoms with Gasteiger partial charge in [-0.3, -0.25) is 4.79 Å². The van der Waals surface area contributed by atoms with Gasteiger partial charge in [-0.15, -0.1) is 11.8 Å². The van der Waals surface area contributed by atoms with Crippen LogP contribution in [0.1, 0.15) is 17.3 Å². The number of carbonyl (C=O) groups excluding carboxylic acids is 1. The molecule has 2 N–H and O–H groups in total. The average molecular weight is 225 g/mol. The van der Waals surface area contributed by atoms with E-state index in [1.165, 1.54) is 11.8 Å². The van der Waals surface area contributed by atoms with Gasteiger partial charge in [0.1, 0.15) is 0 Å². The Bertz CT molecular complexity index is 341. The van der Waals surface area contributed by atoms with Crippen LogP contribution in [0.2, 0.25) is 0 Å². The van der Waals surface area contributed by atoms with E-state index in [9.17, 15) is 4.79 Å². The number of rotatable bonds is 4. The summed E-state index contributed by atoms with van der Waals surface area (Å²) in [4.78, 5) is 12.7. The molecule has 3 nitrogen and oxygen atoms in total. The van der Waals surface area contributed by atoms with Crippen molar-refractivity contribution in [3.63, 3.8) is 0 Å². The third-order valence-electron chi connectivity index (χ3n) is 2.00. The molecule has 1 aromatic carbocycles. The lowest BCUT2D eigenvalue weighted by molar-refractivity contribution is 0.0919. The number of carbonyl (C=O) groups is 1. The lowest BCUT2D eigenvalue weighted by Gasteiger charge is -2.12. The first kappa shape index (κ1) is 12.1. The first-order valence-corrected chi connectivity index (χ1v) is 5.96. The normalized spacial score (nSPS) is 12.2. The van der Waals surface area contributed by atoms with Gasteiger partial charge in [-0.2, -0.15) is 0 Å². The van der Waals surface area contributed by atoms with Gasteiger partial charge in [0.2, 0.25) is 0 Å². The molecule has 15 heavy (non-hydrogen) atoms. The molecule has 0 bridgehead atoms. The van der Waals surface area contributed by atoms with Crippen molar-refractivity contribution < 1.29 is 9.90 Å².